The lowest BCUT2D eigenvalue weighted by molar-refractivity contribution is -0.137. The van der Waals surface area contributed by atoms with Gasteiger partial charge in [-0.2, -0.15) is 13.2 Å². The Morgan fingerprint density at radius 3 is 2.50 bits per heavy atom. The molecule has 0 aromatic heterocycles. The van der Waals surface area contributed by atoms with Gasteiger partial charge in [0.05, 0.1) is 12.2 Å². The molecule has 18 heavy (non-hydrogen) atoms. The lowest BCUT2D eigenvalue weighted by Crippen LogP contribution is -2.12. The molecule has 0 aliphatic heterocycles. The number of alkyl halides is 4. The SMILES string of the molecule is FCCC1C=C(c2cc(C(F)(F)F)ccc2Br)C1. The maximum atomic E-state index is 12.6. The Balaban J connectivity index is 2.27. The summed E-state index contributed by atoms with van der Waals surface area (Å²) >= 11 is 3.25. The quantitative estimate of drug-likeness (QED) is 0.668. The normalized spacial score (nSPS) is 19.4. The van der Waals surface area contributed by atoms with Crippen molar-refractivity contribution >= 4 is 21.5 Å². The number of allylic oxidation sites excluding steroid dienone is 2. The highest BCUT2D eigenvalue weighted by Gasteiger charge is 2.32. The molecule has 1 aromatic carbocycles. The number of benzene rings is 1. The van der Waals surface area contributed by atoms with E-state index in [0.29, 0.717) is 22.9 Å². The van der Waals surface area contributed by atoms with Gasteiger partial charge in [-0.3, -0.25) is 4.39 Å². The molecule has 1 aliphatic carbocycles. The average Bonchev–Trinajstić information content (AvgIpc) is 2.22. The molecule has 0 N–H and O–H groups in total. The zero-order valence-corrected chi connectivity index (χ0v) is 11.0. The van der Waals surface area contributed by atoms with E-state index in [1.165, 1.54) is 6.07 Å². The minimum atomic E-state index is -4.34. The van der Waals surface area contributed by atoms with Crippen LogP contribution in [0.25, 0.3) is 5.57 Å². The molecule has 0 fully saturated rings. The molecule has 0 nitrogen and oxygen atoms in total. The standard InChI is InChI=1S/C13H11BrF4/c14-12-2-1-10(13(16,17)18)7-11(12)9-5-8(6-9)3-4-15/h1-2,5,7-8H,3-4,6H2. The molecular weight excluding hydrogens is 312 g/mol. The molecule has 98 valence electrons. The summed E-state index contributed by atoms with van der Waals surface area (Å²) in [5.41, 5.74) is 0.752. The number of halogens is 5. The molecule has 1 atom stereocenters. The van der Waals surface area contributed by atoms with Crippen molar-refractivity contribution in [1.82, 2.24) is 0 Å². The Morgan fingerprint density at radius 1 is 1.28 bits per heavy atom. The van der Waals surface area contributed by atoms with E-state index in [1.54, 1.807) is 0 Å². The molecule has 0 radical (unpaired) electrons. The van der Waals surface area contributed by atoms with Crippen molar-refractivity contribution in [2.75, 3.05) is 6.67 Å². The average molecular weight is 323 g/mol. The van der Waals surface area contributed by atoms with Gasteiger partial charge in [-0.05, 0) is 48.1 Å². The van der Waals surface area contributed by atoms with Crippen molar-refractivity contribution in [2.45, 2.75) is 19.0 Å². The van der Waals surface area contributed by atoms with Crippen molar-refractivity contribution in [1.29, 1.82) is 0 Å². The summed E-state index contributed by atoms with van der Waals surface area (Å²) in [5, 5.41) is 0. The second kappa shape index (κ2) is 5.03. The van der Waals surface area contributed by atoms with E-state index in [9.17, 15) is 17.6 Å². The molecule has 1 aromatic rings. The molecule has 0 amide bonds. The zero-order chi connectivity index (χ0) is 13.3. The molecule has 1 unspecified atom stereocenters. The van der Waals surface area contributed by atoms with Crippen LogP contribution in [0.2, 0.25) is 0 Å². The lowest BCUT2D eigenvalue weighted by atomic mass is 9.80. The Labute approximate surface area is 111 Å². The smallest absolute Gasteiger partial charge is 0.251 e. The van der Waals surface area contributed by atoms with Gasteiger partial charge in [0.25, 0.3) is 0 Å². The predicted molar refractivity (Wildman–Crippen MR) is 65.8 cm³/mol. The molecule has 0 bridgehead atoms. The van der Waals surface area contributed by atoms with Crippen molar-refractivity contribution in [3.8, 4) is 0 Å². The van der Waals surface area contributed by atoms with Gasteiger partial charge in [0.2, 0.25) is 0 Å². The summed E-state index contributed by atoms with van der Waals surface area (Å²) in [6, 6.07) is 3.59. The van der Waals surface area contributed by atoms with Crippen molar-refractivity contribution in [3.63, 3.8) is 0 Å². The van der Waals surface area contributed by atoms with Gasteiger partial charge < -0.3 is 0 Å². The topological polar surface area (TPSA) is 0 Å². The first kappa shape index (κ1) is 13.6. The second-order valence-corrected chi connectivity index (χ2v) is 5.18. The molecule has 0 heterocycles. The van der Waals surface area contributed by atoms with Crippen LogP contribution in [-0.4, -0.2) is 6.67 Å². The van der Waals surface area contributed by atoms with E-state index in [-0.39, 0.29) is 5.92 Å². The molecule has 2 rings (SSSR count). The third-order valence-corrected chi connectivity index (χ3v) is 3.73. The molecule has 1 aliphatic rings. The van der Waals surface area contributed by atoms with Crippen LogP contribution < -0.4 is 0 Å². The van der Waals surface area contributed by atoms with Gasteiger partial charge in [0.15, 0.2) is 0 Å². The molecule has 0 spiro atoms. The monoisotopic (exact) mass is 322 g/mol. The summed E-state index contributed by atoms with van der Waals surface area (Å²) in [7, 11) is 0. The van der Waals surface area contributed by atoms with Crippen molar-refractivity contribution in [3.05, 3.63) is 39.9 Å². The van der Waals surface area contributed by atoms with Crippen LogP contribution in [0.5, 0.6) is 0 Å². The summed E-state index contributed by atoms with van der Waals surface area (Å²) < 4.78 is 50.5. The van der Waals surface area contributed by atoms with Crippen LogP contribution in [0.3, 0.4) is 0 Å². The van der Waals surface area contributed by atoms with Crippen molar-refractivity contribution in [2.24, 2.45) is 5.92 Å². The fourth-order valence-electron chi connectivity index (χ4n) is 2.01. The van der Waals surface area contributed by atoms with Gasteiger partial charge in [-0.15, -0.1) is 0 Å². The maximum absolute atomic E-state index is 12.6. The summed E-state index contributed by atoms with van der Waals surface area (Å²) in [6.45, 7) is -0.391. The highest BCUT2D eigenvalue weighted by molar-refractivity contribution is 9.10. The van der Waals surface area contributed by atoms with E-state index < -0.39 is 18.4 Å². The van der Waals surface area contributed by atoms with Crippen LogP contribution >= 0.6 is 15.9 Å². The van der Waals surface area contributed by atoms with Crippen LogP contribution in [-0.2, 0) is 6.18 Å². The van der Waals surface area contributed by atoms with E-state index in [0.717, 1.165) is 17.7 Å². The predicted octanol–water partition coefficient (Wildman–Crippen LogP) is 5.23. The largest absolute Gasteiger partial charge is 0.416 e. The maximum Gasteiger partial charge on any atom is 0.416 e. The van der Waals surface area contributed by atoms with Crippen LogP contribution in [0.4, 0.5) is 17.6 Å². The fraction of sp³-hybridized carbons (Fsp3) is 0.385. The zero-order valence-electron chi connectivity index (χ0n) is 9.40. The molecule has 0 saturated carbocycles. The highest BCUT2D eigenvalue weighted by atomic mass is 79.9. The first-order valence-corrected chi connectivity index (χ1v) is 6.35. The van der Waals surface area contributed by atoms with E-state index in [4.69, 9.17) is 0 Å². The van der Waals surface area contributed by atoms with E-state index in [1.807, 2.05) is 6.08 Å². The minimum Gasteiger partial charge on any atom is -0.251 e. The van der Waals surface area contributed by atoms with E-state index >= 15 is 0 Å². The molecular formula is C13H11BrF4. The van der Waals surface area contributed by atoms with Crippen LogP contribution in [0, 0.1) is 5.92 Å². The second-order valence-electron chi connectivity index (χ2n) is 4.33. The van der Waals surface area contributed by atoms with Crippen molar-refractivity contribution < 1.29 is 17.6 Å². The number of hydrogen-bond acceptors (Lipinski definition) is 0. The summed E-state index contributed by atoms with van der Waals surface area (Å²) in [6.07, 6.45) is -1.40. The van der Waals surface area contributed by atoms with Crippen LogP contribution in [0.15, 0.2) is 28.7 Å². The lowest BCUT2D eigenvalue weighted by Gasteiger charge is -2.26. The van der Waals surface area contributed by atoms with Gasteiger partial charge in [-0.1, -0.05) is 22.0 Å². The third kappa shape index (κ3) is 2.76. The summed E-state index contributed by atoms with van der Waals surface area (Å²) in [4.78, 5) is 0. The minimum absolute atomic E-state index is 0.159. The Bertz CT molecular complexity index is 476. The number of rotatable bonds is 3. The first-order chi connectivity index (χ1) is 8.41. The molecule has 5 heteroatoms. The van der Waals surface area contributed by atoms with E-state index in [2.05, 4.69) is 15.9 Å². The van der Waals surface area contributed by atoms with Crippen LogP contribution in [0.1, 0.15) is 24.0 Å². The Hall–Kier alpha value is -0.840. The molecule has 0 saturated heterocycles. The van der Waals surface area contributed by atoms with Gasteiger partial charge in [0, 0.05) is 4.47 Å². The fourth-order valence-corrected chi connectivity index (χ4v) is 2.51. The van der Waals surface area contributed by atoms with Gasteiger partial charge in [-0.25, -0.2) is 0 Å². The van der Waals surface area contributed by atoms with Gasteiger partial charge in [0.1, 0.15) is 0 Å². The Kier molecular flexibility index (Phi) is 3.80. The third-order valence-electron chi connectivity index (χ3n) is 3.04. The van der Waals surface area contributed by atoms with Gasteiger partial charge >= 0.3 is 6.18 Å². The Morgan fingerprint density at radius 2 is 1.94 bits per heavy atom. The number of hydrogen-bond donors (Lipinski definition) is 0. The summed E-state index contributed by atoms with van der Waals surface area (Å²) in [5.74, 6) is 0.159. The first-order valence-electron chi connectivity index (χ1n) is 5.55. The highest BCUT2D eigenvalue weighted by Crippen LogP contribution is 2.41.